The van der Waals surface area contributed by atoms with E-state index in [2.05, 4.69) is 9.97 Å². The number of ether oxygens (including phenoxy) is 1. The van der Waals surface area contributed by atoms with Gasteiger partial charge in [0, 0.05) is 19.0 Å². The molecule has 1 heterocycles. The van der Waals surface area contributed by atoms with Crippen LogP contribution in [0.1, 0.15) is 31.3 Å². The van der Waals surface area contributed by atoms with Crippen molar-refractivity contribution in [2.75, 3.05) is 6.61 Å². The van der Waals surface area contributed by atoms with Crippen LogP contribution < -0.4 is 0 Å². The van der Waals surface area contributed by atoms with Crippen LogP contribution in [-0.4, -0.2) is 30.6 Å². The lowest BCUT2D eigenvalue weighted by molar-refractivity contribution is 0.0554. The van der Waals surface area contributed by atoms with E-state index in [0.717, 1.165) is 5.56 Å². The highest BCUT2D eigenvalue weighted by Crippen LogP contribution is 2.20. The van der Waals surface area contributed by atoms with E-state index in [9.17, 15) is 4.21 Å². The molecule has 1 aromatic rings. The number of hydrogen-bond donors (Lipinski definition) is 1. The Balaban J connectivity index is 2.92. The summed E-state index contributed by atoms with van der Waals surface area (Å²) in [6, 6.07) is 0. The largest absolute Gasteiger partial charge is 0.369 e. The molecule has 16 heavy (non-hydrogen) atoms. The third-order valence-electron chi connectivity index (χ3n) is 2.15. The zero-order chi connectivity index (χ0) is 12.1. The SMILES string of the molecule is CCO[C@@H](c1ncc(C)cn1)[C@@H](C)S(=O)O. The van der Waals surface area contributed by atoms with E-state index in [0.29, 0.717) is 12.4 Å². The number of rotatable bonds is 5. The highest BCUT2D eigenvalue weighted by molar-refractivity contribution is 7.79. The zero-order valence-electron chi connectivity index (χ0n) is 9.58. The Labute approximate surface area is 97.6 Å². The van der Waals surface area contributed by atoms with Crippen LogP contribution in [0.3, 0.4) is 0 Å². The molecule has 90 valence electrons. The van der Waals surface area contributed by atoms with Crippen LogP contribution in [0.2, 0.25) is 0 Å². The monoisotopic (exact) mass is 244 g/mol. The maximum atomic E-state index is 11.0. The van der Waals surface area contributed by atoms with E-state index in [-0.39, 0.29) is 0 Å². The Bertz CT molecular complexity index is 356. The fourth-order valence-corrected chi connectivity index (χ4v) is 1.67. The molecule has 1 aromatic heterocycles. The van der Waals surface area contributed by atoms with Crippen molar-refractivity contribution in [3.63, 3.8) is 0 Å². The molecule has 1 N–H and O–H groups in total. The molecular weight excluding hydrogens is 228 g/mol. The Morgan fingerprint density at radius 2 is 2.06 bits per heavy atom. The summed E-state index contributed by atoms with van der Waals surface area (Å²) in [5.41, 5.74) is 0.941. The molecular formula is C10H16N2O3S. The van der Waals surface area contributed by atoms with Gasteiger partial charge in [0.15, 0.2) is 16.9 Å². The minimum Gasteiger partial charge on any atom is -0.369 e. The molecule has 0 radical (unpaired) electrons. The van der Waals surface area contributed by atoms with Crippen LogP contribution in [-0.2, 0) is 15.8 Å². The number of hydrogen-bond acceptors (Lipinski definition) is 4. The van der Waals surface area contributed by atoms with Gasteiger partial charge in [-0.15, -0.1) is 0 Å². The van der Waals surface area contributed by atoms with Gasteiger partial charge in [-0.2, -0.15) is 0 Å². The second-order valence-corrected chi connectivity index (χ2v) is 4.77. The first-order chi connectivity index (χ1) is 7.56. The van der Waals surface area contributed by atoms with E-state index in [1.54, 1.807) is 19.3 Å². The molecule has 0 aliphatic rings. The molecule has 1 unspecified atom stereocenters. The van der Waals surface area contributed by atoms with E-state index in [4.69, 9.17) is 9.29 Å². The number of nitrogens with zero attached hydrogens (tertiary/aromatic N) is 2. The quantitative estimate of drug-likeness (QED) is 0.794. The van der Waals surface area contributed by atoms with E-state index < -0.39 is 22.4 Å². The van der Waals surface area contributed by atoms with Crippen molar-refractivity contribution in [2.24, 2.45) is 0 Å². The summed E-state index contributed by atoms with van der Waals surface area (Å²) in [5.74, 6) is 0.447. The Hall–Kier alpha value is -0.850. The molecule has 0 aliphatic heterocycles. The summed E-state index contributed by atoms with van der Waals surface area (Å²) in [4.78, 5) is 8.24. The lowest BCUT2D eigenvalue weighted by Gasteiger charge is -2.19. The molecule has 3 atom stereocenters. The minimum absolute atomic E-state index is 0.447. The molecule has 0 spiro atoms. The fourth-order valence-electron chi connectivity index (χ4n) is 1.25. The molecule has 1 rings (SSSR count). The normalized spacial score (nSPS) is 16.8. The maximum Gasteiger partial charge on any atom is 0.158 e. The van der Waals surface area contributed by atoms with Crippen molar-refractivity contribution < 1.29 is 13.5 Å². The molecule has 0 fully saturated rings. The van der Waals surface area contributed by atoms with Gasteiger partial charge in [-0.25, -0.2) is 14.2 Å². The van der Waals surface area contributed by atoms with Crippen molar-refractivity contribution in [3.05, 3.63) is 23.8 Å². The van der Waals surface area contributed by atoms with Gasteiger partial charge in [-0.05, 0) is 26.3 Å². The van der Waals surface area contributed by atoms with Crippen LogP contribution in [0.4, 0.5) is 0 Å². The van der Waals surface area contributed by atoms with Crippen LogP contribution in [0.25, 0.3) is 0 Å². The van der Waals surface area contributed by atoms with E-state index in [1.807, 2.05) is 13.8 Å². The first-order valence-electron chi connectivity index (χ1n) is 5.06. The van der Waals surface area contributed by atoms with Gasteiger partial charge >= 0.3 is 0 Å². The van der Waals surface area contributed by atoms with Crippen molar-refractivity contribution in [1.82, 2.24) is 9.97 Å². The Kier molecular flexibility index (Phi) is 4.98. The summed E-state index contributed by atoms with van der Waals surface area (Å²) < 4.78 is 25.5. The highest BCUT2D eigenvalue weighted by atomic mass is 32.2. The first-order valence-corrected chi connectivity index (χ1v) is 6.23. The zero-order valence-corrected chi connectivity index (χ0v) is 10.4. The average Bonchev–Trinajstić information content (AvgIpc) is 2.26. The van der Waals surface area contributed by atoms with Crippen molar-refractivity contribution in [3.8, 4) is 0 Å². The van der Waals surface area contributed by atoms with Gasteiger partial charge < -0.3 is 9.29 Å². The smallest absolute Gasteiger partial charge is 0.158 e. The molecule has 0 aliphatic carbocycles. The molecule has 6 heteroatoms. The topological polar surface area (TPSA) is 72.3 Å². The van der Waals surface area contributed by atoms with E-state index >= 15 is 0 Å². The number of aryl methyl sites for hydroxylation is 1. The predicted octanol–water partition coefficient (Wildman–Crippen LogP) is 1.47. The lowest BCUT2D eigenvalue weighted by Crippen LogP contribution is -2.24. The Morgan fingerprint density at radius 3 is 2.50 bits per heavy atom. The van der Waals surface area contributed by atoms with Crippen LogP contribution in [0.15, 0.2) is 12.4 Å². The van der Waals surface area contributed by atoms with E-state index in [1.165, 1.54) is 0 Å². The molecule has 0 bridgehead atoms. The third-order valence-corrected chi connectivity index (χ3v) is 3.03. The average molecular weight is 244 g/mol. The first kappa shape index (κ1) is 13.2. The van der Waals surface area contributed by atoms with Gasteiger partial charge in [0.2, 0.25) is 0 Å². The second-order valence-electron chi connectivity index (χ2n) is 3.48. The summed E-state index contributed by atoms with van der Waals surface area (Å²) in [5, 5.41) is -0.553. The van der Waals surface area contributed by atoms with Gasteiger partial charge in [-0.1, -0.05) is 0 Å². The van der Waals surface area contributed by atoms with Crippen molar-refractivity contribution in [2.45, 2.75) is 32.1 Å². The molecule has 0 amide bonds. The predicted molar refractivity (Wildman–Crippen MR) is 61.4 cm³/mol. The maximum absolute atomic E-state index is 11.0. The molecule has 5 nitrogen and oxygen atoms in total. The minimum atomic E-state index is -1.95. The second kappa shape index (κ2) is 6.03. The van der Waals surface area contributed by atoms with Gasteiger partial charge in [0.05, 0.1) is 5.25 Å². The standard InChI is InChI=1S/C10H16N2O3S/c1-4-15-9(8(3)16(13)14)10-11-5-7(2)6-12-10/h5-6,8-9H,4H2,1-3H3,(H,13,14)/t8-,9-/m1/s1. The van der Waals surface area contributed by atoms with Gasteiger partial charge in [0.25, 0.3) is 0 Å². The van der Waals surface area contributed by atoms with Crippen molar-refractivity contribution >= 4 is 11.1 Å². The fraction of sp³-hybridized carbons (Fsp3) is 0.600. The summed E-state index contributed by atoms with van der Waals surface area (Å²) in [6.07, 6.45) is 2.79. The molecule has 0 saturated carbocycles. The van der Waals surface area contributed by atoms with Crippen molar-refractivity contribution in [1.29, 1.82) is 0 Å². The third kappa shape index (κ3) is 3.33. The molecule has 0 aromatic carbocycles. The van der Waals surface area contributed by atoms with Gasteiger partial charge in [0.1, 0.15) is 6.10 Å². The van der Waals surface area contributed by atoms with Crippen LogP contribution >= 0.6 is 0 Å². The summed E-state index contributed by atoms with van der Waals surface area (Å²) >= 11 is -1.95. The Morgan fingerprint density at radius 1 is 1.50 bits per heavy atom. The molecule has 0 saturated heterocycles. The number of aromatic nitrogens is 2. The summed E-state index contributed by atoms with van der Waals surface area (Å²) in [6.45, 7) is 5.80. The highest BCUT2D eigenvalue weighted by Gasteiger charge is 2.26. The lowest BCUT2D eigenvalue weighted by atomic mass is 10.2. The van der Waals surface area contributed by atoms with Gasteiger partial charge in [-0.3, -0.25) is 0 Å². The van der Waals surface area contributed by atoms with Crippen LogP contribution in [0.5, 0.6) is 0 Å². The summed E-state index contributed by atoms with van der Waals surface area (Å²) in [7, 11) is 0. The van der Waals surface area contributed by atoms with Crippen LogP contribution in [0, 0.1) is 6.92 Å².